The van der Waals surface area contributed by atoms with Gasteiger partial charge in [-0.25, -0.2) is 0 Å². The Morgan fingerprint density at radius 3 is 2.19 bits per heavy atom. The maximum Gasteiger partial charge on any atom is 0.135 e. The highest BCUT2D eigenvalue weighted by molar-refractivity contribution is 6.06. The van der Waals surface area contributed by atoms with Gasteiger partial charge in [0.2, 0.25) is 0 Å². The number of furan rings is 1. The molecule has 148 valence electrons. The maximum absolute atomic E-state index is 6.13. The van der Waals surface area contributed by atoms with Crippen molar-refractivity contribution < 1.29 is 4.42 Å². The van der Waals surface area contributed by atoms with Crippen LogP contribution in [-0.4, -0.2) is 4.98 Å². The Bertz CT molecular complexity index is 1550. The second-order valence-electron chi connectivity index (χ2n) is 8.12. The Hall–Kier alpha value is -3.91. The first-order valence-corrected chi connectivity index (χ1v) is 10.6. The van der Waals surface area contributed by atoms with Gasteiger partial charge in [0.05, 0.1) is 5.69 Å². The normalized spacial score (nSPS) is 12.5. The maximum atomic E-state index is 6.13. The van der Waals surface area contributed by atoms with Crippen molar-refractivity contribution in [3.05, 3.63) is 114 Å². The van der Waals surface area contributed by atoms with Gasteiger partial charge in [0.15, 0.2) is 0 Å². The summed E-state index contributed by atoms with van der Waals surface area (Å²) in [5.41, 5.74) is 6.50. The van der Waals surface area contributed by atoms with Crippen molar-refractivity contribution in [3.63, 3.8) is 0 Å². The molecule has 0 aliphatic rings. The first kappa shape index (κ1) is 17.9. The number of benzene rings is 4. The van der Waals surface area contributed by atoms with E-state index in [-0.39, 0.29) is 0 Å². The van der Waals surface area contributed by atoms with E-state index in [0.717, 1.165) is 38.6 Å². The van der Waals surface area contributed by atoms with Gasteiger partial charge in [-0.2, -0.15) is 0 Å². The molecule has 0 spiro atoms. The van der Waals surface area contributed by atoms with E-state index in [1.54, 1.807) is 0 Å². The molecule has 0 N–H and O–H groups in total. The second kappa shape index (κ2) is 7.10. The Balaban J connectivity index is 1.48. The Kier molecular flexibility index (Phi) is 4.10. The van der Waals surface area contributed by atoms with Crippen LogP contribution in [0.1, 0.15) is 24.0 Å². The molecule has 0 amide bonds. The van der Waals surface area contributed by atoms with Crippen molar-refractivity contribution in [2.75, 3.05) is 0 Å². The fraction of sp³-hybridized carbons (Fsp3) is 0.0690. The molecule has 2 heteroatoms. The first-order valence-electron chi connectivity index (χ1n) is 10.6. The minimum atomic E-state index is 0.320. The summed E-state index contributed by atoms with van der Waals surface area (Å²) in [5.74, 6) is 0.320. The summed E-state index contributed by atoms with van der Waals surface area (Å²) in [5, 5.41) is 4.63. The number of pyridine rings is 1. The van der Waals surface area contributed by atoms with Crippen LogP contribution < -0.4 is 0 Å². The summed E-state index contributed by atoms with van der Waals surface area (Å²) in [7, 11) is 0. The average molecular weight is 399 g/mol. The largest absolute Gasteiger partial charge is 0.456 e. The molecule has 0 aliphatic heterocycles. The SMILES string of the molecule is CC(c1ccccc1)c1ccc2oc3ccc(-c4cc5ccccc5cn4)cc3c2c1. The van der Waals surface area contributed by atoms with Crippen LogP contribution in [0.5, 0.6) is 0 Å². The lowest BCUT2D eigenvalue weighted by Crippen LogP contribution is -1.95. The van der Waals surface area contributed by atoms with E-state index < -0.39 is 0 Å². The van der Waals surface area contributed by atoms with Gasteiger partial charge >= 0.3 is 0 Å². The number of hydrogen-bond donors (Lipinski definition) is 0. The summed E-state index contributed by atoms with van der Waals surface area (Å²) in [6.07, 6.45) is 1.95. The monoisotopic (exact) mass is 399 g/mol. The van der Waals surface area contributed by atoms with E-state index in [1.165, 1.54) is 16.5 Å². The van der Waals surface area contributed by atoms with E-state index in [2.05, 4.69) is 97.9 Å². The van der Waals surface area contributed by atoms with E-state index in [9.17, 15) is 0 Å². The lowest BCUT2D eigenvalue weighted by molar-refractivity contribution is 0.668. The first-order chi connectivity index (χ1) is 15.3. The van der Waals surface area contributed by atoms with Crippen LogP contribution in [-0.2, 0) is 0 Å². The molecule has 0 bridgehead atoms. The molecular formula is C29H21NO. The zero-order valence-electron chi connectivity index (χ0n) is 17.2. The molecule has 2 nitrogen and oxygen atoms in total. The number of nitrogens with zero attached hydrogens (tertiary/aromatic N) is 1. The topological polar surface area (TPSA) is 26.0 Å². The predicted octanol–water partition coefficient (Wildman–Crippen LogP) is 7.95. The predicted molar refractivity (Wildman–Crippen MR) is 128 cm³/mol. The molecule has 1 unspecified atom stereocenters. The third kappa shape index (κ3) is 3.08. The number of aromatic nitrogens is 1. The van der Waals surface area contributed by atoms with Gasteiger partial charge in [-0.15, -0.1) is 0 Å². The highest BCUT2D eigenvalue weighted by Crippen LogP contribution is 2.35. The van der Waals surface area contributed by atoms with Crippen LogP contribution in [0.4, 0.5) is 0 Å². The van der Waals surface area contributed by atoms with Crippen LogP contribution in [0.3, 0.4) is 0 Å². The molecule has 1 atom stereocenters. The highest BCUT2D eigenvalue weighted by atomic mass is 16.3. The van der Waals surface area contributed by atoms with E-state index in [1.807, 2.05) is 12.3 Å². The van der Waals surface area contributed by atoms with Crippen molar-refractivity contribution in [2.24, 2.45) is 0 Å². The molecular weight excluding hydrogens is 378 g/mol. The molecule has 0 saturated heterocycles. The molecule has 2 heterocycles. The zero-order chi connectivity index (χ0) is 20.8. The van der Waals surface area contributed by atoms with Gasteiger partial charge in [-0.1, -0.05) is 67.6 Å². The van der Waals surface area contributed by atoms with Crippen molar-refractivity contribution in [3.8, 4) is 11.3 Å². The molecule has 31 heavy (non-hydrogen) atoms. The molecule has 6 rings (SSSR count). The minimum absolute atomic E-state index is 0.320. The van der Waals surface area contributed by atoms with Crippen LogP contribution in [0, 0.1) is 0 Å². The van der Waals surface area contributed by atoms with Gasteiger partial charge in [-0.3, -0.25) is 4.98 Å². The van der Waals surface area contributed by atoms with Gasteiger partial charge in [0, 0.05) is 33.8 Å². The standard InChI is InChI=1S/C29H21NO/c1-19(20-7-3-2-4-8-20)21-11-13-28-25(15-21)26-16-23(12-14-29(26)31-28)27-17-22-9-5-6-10-24(22)18-30-27/h2-19H,1H3. The third-order valence-corrected chi connectivity index (χ3v) is 6.22. The van der Waals surface area contributed by atoms with E-state index in [0.29, 0.717) is 5.92 Å². The van der Waals surface area contributed by atoms with E-state index >= 15 is 0 Å². The molecule has 0 fully saturated rings. The number of fused-ring (bicyclic) bond motifs is 4. The van der Waals surface area contributed by atoms with Gasteiger partial charge in [0.25, 0.3) is 0 Å². The van der Waals surface area contributed by atoms with Crippen LogP contribution in [0.2, 0.25) is 0 Å². The fourth-order valence-electron chi connectivity index (χ4n) is 4.40. The highest BCUT2D eigenvalue weighted by Gasteiger charge is 2.13. The minimum Gasteiger partial charge on any atom is -0.456 e. The number of rotatable bonds is 3. The van der Waals surface area contributed by atoms with Gasteiger partial charge in [0.1, 0.15) is 11.2 Å². The summed E-state index contributed by atoms with van der Waals surface area (Å²) < 4.78 is 6.13. The molecule has 2 aromatic heterocycles. The third-order valence-electron chi connectivity index (χ3n) is 6.22. The lowest BCUT2D eigenvalue weighted by Gasteiger charge is -2.12. The van der Waals surface area contributed by atoms with Gasteiger partial charge in [-0.05, 0) is 52.9 Å². The molecule has 0 aliphatic carbocycles. The molecule has 0 saturated carbocycles. The average Bonchev–Trinajstić information content (AvgIpc) is 3.21. The summed E-state index contributed by atoms with van der Waals surface area (Å²) >= 11 is 0. The Morgan fingerprint density at radius 1 is 0.645 bits per heavy atom. The molecule has 6 aromatic rings. The quantitative estimate of drug-likeness (QED) is 0.302. The smallest absolute Gasteiger partial charge is 0.135 e. The molecule has 4 aromatic carbocycles. The summed E-state index contributed by atoms with van der Waals surface area (Å²) in [4.78, 5) is 4.70. The fourth-order valence-corrected chi connectivity index (χ4v) is 4.40. The number of hydrogen-bond acceptors (Lipinski definition) is 2. The lowest BCUT2D eigenvalue weighted by atomic mass is 9.92. The van der Waals surface area contributed by atoms with Crippen molar-refractivity contribution in [1.82, 2.24) is 4.98 Å². The Morgan fingerprint density at radius 2 is 1.35 bits per heavy atom. The Labute approximate surface area is 180 Å². The van der Waals surface area contributed by atoms with Crippen molar-refractivity contribution >= 4 is 32.7 Å². The van der Waals surface area contributed by atoms with Crippen molar-refractivity contribution in [2.45, 2.75) is 12.8 Å². The van der Waals surface area contributed by atoms with Gasteiger partial charge < -0.3 is 4.42 Å². The molecule has 0 radical (unpaired) electrons. The van der Waals surface area contributed by atoms with Crippen LogP contribution in [0.25, 0.3) is 44.0 Å². The zero-order valence-corrected chi connectivity index (χ0v) is 17.2. The summed E-state index contributed by atoms with van der Waals surface area (Å²) in [6.45, 7) is 2.25. The van der Waals surface area contributed by atoms with E-state index in [4.69, 9.17) is 9.40 Å². The van der Waals surface area contributed by atoms with Crippen LogP contribution in [0.15, 0.2) is 108 Å². The van der Waals surface area contributed by atoms with Crippen LogP contribution >= 0.6 is 0 Å². The second-order valence-corrected chi connectivity index (χ2v) is 8.12. The summed E-state index contributed by atoms with van der Waals surface area (Å²) in [6, 6.07) is 34.0. The van der Waals surface area contributed by atoms with Crippen molar-refractivity contribution in [1.29, 1.82) is 0 Å².